The minimum atomic E-state index is 0.0683. The molecular weight excluding hydrogens is 246 g/mol. The van der Waals surface area contributed by atoms with E-state index < -0.39 is 0 Å². The highest BCUT2D eigenvalue weighted by Gasteiger charge is 2.37. The van der Waals surface area contributed by atoms with Crippen molar-refractivity contribution in [3.63, 3.8) is 0 Å². The van der Waals surface area contributed by atoms with E-state index in [-0.39, 0.29) is 5.54 Å². The molecule has 0 aliphatic heterocycles. The number of nitrogens with two attached hydrogens (primary N) is 1. The first-order chi connectivity index (χ1) is 9.65. The van der Waals surface area contributed by atoms with E-state index in [1.54, 1.807) is 0 Å². The molecule has 0 amide bonds. The van der Waals surface area contributed by atoms with Gasteiger partial charge in [-0.2, -0.15) is 0 Å². The lowest BCUT2D eigenvalue weighted by molar-refractivity contribution is 0.304. The molecule has 2 N–H and O–H groups in total. The van der Waals surface area contributed by atoms with Gasteiger partial charge in [0, 0.05) is 5.54 Å². The highest BCUT2D eigenvalue weighted by atomic mass is 16.5. The van der Waals surface area contributed by atoms with Crippen molar-refractivity contribution in [2.45, 2.75) is 38.3 Å². The van der Waals surface area contributed by atoms with Gasteiger partial charge in [0.25, 0.3) is 0 Å². The predicted octanol–water partition coefficient (Wildman–Crippen LogP) is 3.61. The summed E-state index contributed by atoms with van der Waals surface area (Å²) in [4.78, 5) is 0. The maximum atomic E-state index is 6.17. The summed E-state index contributed by atoms with van der Waals surface area (Å²) in [6, 6.07) is 16.6. The maximum Gasteiger partial charge on any atom is 0.122 e. The molecule has 0 unspecified atom stereocenters. The molecule has 3 rings (SSSR count). The van der Waals surface area contributed by atoms with Crippen LogP contribution in [0.1, 0.15) is 29.5 Å². The van der Waals surface area contributed by atoms with Crippen LogP contribution in [0.25, 0.3) is 0 Å². The third-order valence-electron chi connectivity index (χ3n) is 3.92. The molecule has 0 atom stereocenters. The van der Waals surface area contributed by atoms with Gasteiger partial charge < -0.3 is 10.5 Å². The number of benzene rings is 2. The Labute approximate surface area is 120 Å². The van der Waals surface area contributed by atoms with Crippen molar-refractivity contribution in [1.82, 2.24) is 0 Å². The molecule has 0 aromatic heterocycles. The maximum absolute atomic E-state index is 6.17. The number of hydrogen-bond acceptors (Lipinski definition) is 2. The van der Waals surface area contributed by atoms with Gasteiger partial charge in [0.1, 0.15) is 12.4 Å². The zero-order valence-electron chi connectivity index (χ0n) is 11.9. The van der Waals surface area contributed by atoms with Crippen LogP contribution < -0.4 is 10.5 Å². The highest BCUT2D eigenvalue weighted by Crippen LogP contribution is 2.36. The Kier molecular flexibility index (Phi) is 3.49. The molecule has 1 aliphatic rings. The first kappa shape index (κ1) is 13.2. The molecule has 0 saturated heterocycles. The van der Waals surface area contributed by atoms with Crippen LogP contribution in [-0.2, 0) is 13.0 Å². The highest BCUT2D eigenvalue weighted by molar-refractivity contribution is 5.37. The second kappa shape index (κ2) is 5.29. The van der Waals surface area contributed by atoms with Crippen LogP contribution >= 0.6 is 0 Å². The second-order valence-corrected chi connectivity index (χ2v) is 5.91. The van der Waals surface area contributed by atoms with Crippen molar-refractivity contribution >= 4 is 0 Å². The van der Waals surface area contributed by atoms with E-state index in [9.17, 15) is 0 Å². The van der Waals surface area contributed by atoms with Crippen molar-refractivity contribution in [3.8, 4) is 5.75 Å². The topological polar surface area (TPSA) is 35.2 Å². The zero-order chi connectivity index (χ0) is 14.0. The van der Waals surface area contributed by atoms with E-state index in [2.05, 4.69) is 37.3 Å². The molecule has 1 aliphatic carbocycles. The fourth-order valence-electron chi connectivity index (χ4n) is 2.46. The molecule has 0 radical (unpaired) electrons. The standard InChI is InChI=1S/C18H21NO/c1-14-11-16(12-18(19)9-10-18)7-8-17(14)20-13-15-5-3-2-4-6-15/h2-8,11H,9-10,12-13,19H2,1H3. The Balaban J connectivity index is 1.65. The summed E-state index contributed by atoms with van der Waals surface area (Å²) in [7, 11) is 0. The van der Waals surface area contributed by atoms with E-state index >= 15 is 0 Å². The van der Waals surface area contributed by atoms with Gasteiger partial charge in [0.2, 0.25) is 0 Å². The fourth-order valence-corrected chi connectivity index (χ4v) is 2.46. The molecular formula is C18H21NO. The summed E-state index contributed by atoms with van der Waals surface area (Å²) < 4.78 is 5.89. The molecule has 0 spiro atoms. The van der Waals surface area contributed by atoms with E-state index in [1.807, 2.05) is 18.2 Å². The SMILES string of the molecule is Cc1cc(CC2(N)CC2)ccc1OCc1ccccc1. The van der Waals surface area contributed by atoms with Gasteiger partial charge in [0.15, 0.2) is 0 Å². The Hall–Kier alpha value is -1.80. The Bertz CT molecular complexity index is 588. The van der Waals surface area contributed by atoms with E-state index in [4.69, 9.17) is 10.5 Å². The molecule has 2 heteroatoms. The van der Waals surface area contributed by atoms with Crippen LogP contribution in [0.4, 0.5) is 0 Å². The number of ether oxygens (including phenoxy) is 1. The Morgan fingerprint density at radius 3 is 2.45 bits per heavy atom. The number of aryl methyl sites for hydroxylation is 1. The molecule has 0 bridgehead atoms. The lowest BCUT2D eigenvalue weighted by atomic mass is 10.0. The zero-order valence-corrected chi connectivity index (χ0v) is 11.9. The quantitative estimate of drug-likeness (QED) is 0.898. The third kappa shape index (κ3) is 3.20. The minimum absolute atomic E-state index is 0.0683. The van der Waals surface area contributed by atoms with Crippen LogP contribution in [-0.4, -0.2) is 5.54 Å². The average Bonchev–Trinajstić information content (AvgIpc) is 3.16. The Morgan fingerprint density at radius 1 is 1.05 bits per heavy atom. The number of rotatable bonds is 5. The summed E-state index contributed by atoms with van der Waals surface area (Å²) in [5.74, 6) is 0.958. The van der Waals surface area contributed by atoms with Crippen molar-refractivity contribution in [2.24, 2.45) is 5.73 Å². The van der Waals surface area contributed by atoms with Gasteiger partial charge in [0.05, 0.1) is 0 Å². The third-order valence-corrected chi connectivity index (χ3v) is 3.92. The summed E-state index contributed by atoms with van der Waals surface area (Å²) in [5, 5.41) is 0. The molecule has 1 fully saturated rings. The first-order valence-corrected chi connectivity index (χ1v) is 7.20. The first-order valence-electron chi connectivity index (χ1n) is 7.20. The van der Waals surface area contributed by atoms with Gasteiger partial charge in [-0.1, -0.05) is 42.5 Å². The summed E-state index contributed by atoms with van der Waals surface area (Å²) >= 11 is 0. The predicted molar refractivity (Wildman–Crippen MR) is 81.8 cm³/mol. The normalized spacial score (nSPS) is 15.9. The number of hydrogen-bond donors (Lipinski definition) is 1. The van der Waals surface area contributed by atoms with E-state index in [1.165, 1.54) is 16.7 Å². The summed E-state index contributed by atoms with van der Waals surface area (Å²) in [5.41, 5.74) is 9.93. The smallest absolute Gasteiger partial charge is 0.122 e. The van der Waals surface area contributed by atoms with E-state index in [0.717, 1.165) is 25.0 Å². The monoisotopic (exact) mass is 267 g/mol. The lowest BCUT2D eigenvalue weighted by Gasteiger charge is -2.13. The van der Waals surface area contributed by atoms with Gasteiger partial charge in [-0.3, -0.25) is 0 Å². The van der Waals surface area contributed by atoms with Gasteiger partial charge >= 0.3 is 0 Å². The van der Waals surface area contributed by atoms with Crippen LogP contribution in [0.15, 0.2) is 48.5 Å². The molecule has 2 nitrogen and oxygen atoms in total. The molecule has 20 heavy (non-hydrogen) atoms. The van der Waals surface area contributed by atoms with Crippen molar-refractivity contribution in [3.05, 3.63) is 65.2 Å². The van der Waals surface area contributed by atoms with Crippen LogP contribution in [0.2, 0.25) is 0 Å². The van der Waals surface area contributed by atoms with Gasteiger partial charge in [-0.25, -0.2) is 0 Å². The van der Waals surface area contributed by atoms with Crippen LogP contribution in [0, 0.1) is 6.92 Å². The largest absolute Gasteiger partial charge is 0.489 e. The summed E-state index contributed by atoms with van der Waals surface area (Å²) in [6.45, 7) is 2.71. The average molecular weight is 267 g/mol. The Morgan fingerprint density at radius 2 is 1.80 bits per heavy atom. The lowest BCUT2D eigenvalue weighted by Crippen LogP contribution is -2.24. The van der Waals surface area contributed by atoms with E-state index in [0.29, 0.717) is 6.61 Å². The van der Waals surface area contributed by atoms with Crippen molar-refractivity contribution in [2.75, 3.05) is 0 Å². The van der Waals surface area contributed by atoms with Gasteiger partial charge in [-0.05, 0) is 48.9 Å². The summed E-state index contributed by atoms with van der Waals surface area (Å²) in [6.07, 6.45) is 3.28. The molecule has 2 aromatic rings. The molecule has 1 saturated carbocycles. The van der Waals surface area contributed by atoms with Gasteiger partial charge in [-0.15, -0.1) is 0 Å². The molecule has 0 heterocycles. The van der Waals surface area contributed by atoms with Crippen LogP contribution in [0.3, 0.4) is 0 Å². The van der Waals surface area contributed by atoms with Crippen molar-refractivity contribution in [1.29, 1.82) is 0 Å². The molecule has 104 valence electrons. The second-order valence-electron chi connectivity index (χ2n) is 5.91. The van der Waals surface area contributed by atoms with Crippen molar-refractivity contribution < 1.29 is 4.74 Å². The molecule has 2 aromatic carbocycles. The fraction of sp³-hybridized carbons (Fsp3) is 0.333. The minimum Gasteiger partial charge on any atom is -0.489 e. The van der Waals surface area contributed by atoms with Crippen LogP contribution in [0.5, 0.6) is 5.75 Å².